The summed E-state index contributed by atoms with van der Waals surface area (Å²) in [6, 6.07) is 0. The van der Waals surface area contributed by atoms with Crippen molar-refractivity contribution < 1.29 is 23.4 Å². The van der Waals surface area contributed by atoms with E-state index in [0.717, 1.165) is 6.08 Å². The summed E-state index contributed by atoms with van der Waals surface area (Å²) in [7, 11) is 0. The van der Waals surface area contributed by atoms with Gasteiger partial charge in [-0.15, -0.1) is 0 Å². The Morgan fingerprint density at radius 3 is 2.79 bits per heavy atom. The summed E-state index contributed by atoms with van der Waals surface area (Å²) in [5, 5.41) is 0. The van der Waals surface area contributed by atoms with Gasteiger partial charge < -0.3 is 14.2 Å². The van der Waals surface area contributed by atoms with Crippen LogP contribution >= 0.6 is 0 Å². The van der Waals surface area contributed by atoms with Gasteiger partial charge in [0.15, 0.2) is 6.29 Å². The van der Waals surface area contributed by atoms with E-state index < -0.39 is 18.1 Å². The smallest absolute Gasteiger partial charge is 0.366 e. The Hall–Kier alpha value is -0.940. The average Bonchev–Trinajstić information content (AvgIpc) is 2.67. The molecule has 0 atom stereocenters. The summed E-state index contributed by atoms with van der Waals surface area (Å²) in [5.41, 5.74) is 0. The third kappa shape index (κ3) is 3.43. The van der Waals surface area contributed by atoms with E-state index in [1.165, 1.54) is 0 Å². The molecule has 1 aliphatic rings. The number of ether oxygens (including phenoxy) is 3. The zero-order valence-electron chi connectivity index (χ0n) is 7.99. The first-order valence-electron chi connectivity index (χ1n) is 4.50. The molecule has 1 rings (SSSR count). The summed E-state index contributed by atoms with van der Waals surface area (Å²) >= 11 is 0. The van der Waals surface area contributed by atoms with Crippen LogP contribution < -0.4 is 0 Å². The minimum atomic E-state index is -0.939. The maximum absolute atomic E-state index is 12.9. The van der Waals surface area contributed by atoms with Gasteiger partial charge in [-0.1, -0.05) is 0 Å². The van der Waals surface area contributed by atoms with Crippen LogP contribution in [0.2, 0.25) is 0 Å². The summed E-state index contributed by atoms with van der Waals surface area (Å²) in [5.74, 6) is -1.84. The molecular formula is C9H13FO4. The maximum atomic E-state index is 12.9. The molecule has 1 aliphatic heterocycles. The SMILES string of the molecule is CCOC(=O)/C(F)=C/CC1OCCO1. The Balaban J connectivity index is 2.31. The Morgan fingerprint density at radius 2 is 2.21 bits per heavy atom. The van der Waals surface area contributed by atoms with Gasteiger partial charge in [0.1, 0.15) is 0 Å². The van der Waals surface area contributed by atoms with Crippen molar-refractivity contribution in [2.24, 2.45) is 0 Å². The molecule has 14 heavy (non-hydrogen) atoms. The summed E-state index contributed by atoms with van der Waals surface area (Å²) in [6.07, 6.45) is 0.911. The zero-order valence-corrected chi connectivity index (χ0v) is 7.99. The van der Waals surface area contributed by atoms with Crippen molar-refractivity contribution in [2.45, 2.75) is 19.6 Å². The zero-order chi connectivity index (χ0) is 10.4. The first-order valence-corrected chi connectivity index (χ1v) is 4.50. The molecule has 0 spiro atoms. The molecule has 0 aromatic rings. The van der Waals surface area contributed by atoms with Crippen LogP contribution in [0.15, 0.2) is 11.9 Å². The second-order valence-electron chi connectivity index (χ2n) is 2.68. The lowest BCUT2D eigenvalue weighted by atomic mass is 10.3. The Kier molecular flexibility index (Phi) is 4.55. The average molecular weight is 204 g/mol. The molecule has 1 fully saturated rings. The molecule has 0 aromatic carbocycles. The quantitative estimate of drug-likeness (QED) is 0.509. The normalized spacial score (nSPS) is 18.6. The van der Waals surface area contributed by atoms with E-state index in [1.54, 1.807) is 6.92 Å². The Morgan fingerprint density at radius 1 is 1.57 bits per heavy atom. The second-order valence-corrected chi connectivity index (χ2v) is 2.68. The van der Waals surface area contributed by atoms with Gasteiger partial charge in [0.25, 0.3) is 0 Å². The molecule has 0 unspecified atom stereocenters. The van der Waals surface area contributed by atoms with Crippen LogP contribution in [0.4, 0.5) is 4.39 Å². The predicted octanol–water partition coefficient (Wildman–Crippen LogP) is 1.17. The summed E-state index contributed by atoms with van der Waals surface area (Å²) < 4.78 is 27.5. The molecule has 1 heterocycles. The van der Waals surface area contributed by atoms with Gasteiger partial charge in [0.05, 0.1) is 19.8 Å². The Labute approximate surface area is 81.6 Å². The predicted molar refractivity (Wildman–Crippen MR) is 46.1 cm³/mol. The highest BCUT2D eigenvalue weighted by atomic mass is 19.1. The molecule has 0 radical (unpaired) electrons. The number of halogens is 1. The second kappa shape index (κ2) is 5.72. The van der Waals surface area contributed by atoms with Crippen molar-refractivity contribution in [2.75, 3.05) is 19.8 Å². The van der Waals surface area contributed by atoms with Crippen molar-refractivity contribution >= 4 is 5.97 Å². The highest BCUT2D eigenvalue weighted by Crippen LogP contribution is 2.11. The minimum absolute atomic E-state index is 0.163. The third-order valence-corrected chi connectivity index (χ3v) is 1.65. The molecule has 0 N–H and O–H groups in total. The van der Waals surface area contributed by atoms with E-state index in [0.29, 0.717) is 13.2 Å². The molecule has 80 valence electrons. The molecular weight excluding hydrogens is 191 g/mol. The van der Waals surface area contributed by atoms with Crippen LogP contribution in [0.5, 0.6) is 0 Å². The number of esters is 1. The molecule has 0 aliphatic carbocycles. The number of carbonyl (C=O) groups is 1. The van der Waals surface area contributed by atoms with Gasteiger partial charge in [-0.05, 0) is 13.0 Å². The van der Waals surface area contributed by atoms with Crippen molar-refractivity contribution in [1.82, 2.24) is 0 Å². The van der Waals surface area contributed by atoms with E-state index in [9.17, 15) is 9.18 Å². The van der Waals surface area contributed by atoms with E-state index >= 15 is 0 Å². The first kappa shape index (κ1) is 11.1. The maximum Gasteiger partial charge on any atom is 0.366 e. The van der Waals surface area contributed by atoms with E-state index in [1.807, 2.05) is 0 Å². The standard InChI is InChI=1S/C9H13FO4/c1-2-12-9(11)7(10)3-4-8-13-5-6-14-8/h3,8H,2,4-6H2,1H3/b7-3-. The third-order valence-electron chi connectivity index (χ3n) is 1.65. The van der Waals surface area contributed by atoms with Crippen LogP contribution in [-0.2, 0) is 19.0 Å². The molecule has 1 saturated heterocycles. The van der Waals surface area contributed by atoms with Crippen molar-refractivity contribution in [3.05, 3.63) is 11.9 Å². The molecule has 0 saturated carbocycles. The summed E-state index contributed by atoms with van der Waals surface area (Å²) in [6.45, 7) is 2.81. The van der Waals surface area contributed by atoms with E-state index in [4.69, 9.17) is 9.47 Å². The lowest BCUT2D eigenvalue weighted by Gasteiger charge is -2.04. The fraction of sp³-hybridized carbons (Fsp3) is 0.667. The first-order chi connectivity index (χ1) is 6.74. The number of rotatable bonds is 4. The number of hydrogen-bond acceptors (Lipinski definition) is 4. The molecule has 0 bridgehead atoms. The van der Waals surface area contributed by atoms with Gasteiger partial charge in [-0.25, -0.2) is 4.79 Å². The van der Waals surface area contributed by atoms with E-state index in [2.05, 4.69) is 4.74 Å². The van der Waals surface area contributed by atoms with Crippen LogP contribution in [0.3, 0.4) is 0 Å². The van der Waals surface area contributed by atoms with E-state index in [-0.39, 0.29) is 13.0 Å². The highest BCUT2D eigenvalue weighted by Gasteiger charge is 2.16. The van der Waals surface area contributed by atoms with Gasteiger partial charge in [0, 0.05) is 6.42 Å². The van der Waals surface area contributed by atoms with Gasteiger partial charge >= 0.3 is 5.97 Å². The molecule has 4 nitrogen and oxygen atoms in total. The van der Waals surface area contributed by atoms with Crippen LogP contribution in [0.25, 0.3) is 0 Å². The molecule has 5 heteroatoms. The van der Waals surface area contributed by atoms with Gasteiger partial charge in [-0.2, -0.15) is 4.39 Å². The van der Waals surface area contributed by atoms with Crippen LogP contribution in [-0.4, -0.2) is 32.1 Å². The number of hydrogen-bond donors (Lipinski definition) is 0. The van der Waals surface area contributed by atoms with Gasteiger partial charge in [-0.3, -0.25) is 0 Å². The lowest BCUT2D eigenvalue weighted by molar-refractivity contribution is -0.140. The Bertz CT molecular complexity index is 221. The monoisotopic (exact) mass is 204 g/mol. The van der Waals surface area contributed by atoms with Gasteiger partial charge in [0.2, 0.25) is 5.83 Å². The summed E-state index contributed by atoms with van der Waals surface area (Å²) in [4.78, 5) is 10.8. The van der Waals surface area contributed by atoms with Crippen molar-refractivity contribution in [1.29, 1.82) is 0 Å². The minimum Gasteiger partial charge on any atom is -0.461 e. The largest absolute Gasteiger partial charge is 0.461 e. The van der Waals surface area contributed by atoms with Crippen LogP contribution in [0.1, 0.15) is 13.3 Å². The number of carbonyl (C=O) groups excluding carboxylic acids is 1. The fourth-order valence-corrected chi connectivity index (χ4v) is 1.03. The van der Waals surface area contributed by atoms with Crippen molar-refractivity contribution in [3.8, 4) is 0 Å². The highest BCUT2D eigenvalue weighted by molar-refractivity contribution is 5.85. The lowest BCUT2D eigenvalue weighted by Crippen LogP contribution is -2.08. The molecule has 0 amide bonds. The van der Waals surface area contributed by atoms with Crippen LogP contribution in [0, 0.1) is 0 Å². The molecule has 0 aromatic heterocycles. The topological polar surface area (TPSA) is 44.8 Å². The van der Waals surface area contributed by atoms with Crippen molar-refractivity contribution in [3.63, 3.8) is 0 Å². The fourth-order valence-electron chi connectivity index (χ4n) is 1.03.